The predicted molar refractivity (Wildman–Crippen MR) is 270 cm³/mol. The predicted octanol–water partition coefficient (Wildman–Crippen LogP) is 7.12. The molecule has 71 heavy (non-hydrogen) atoms. The van der Waals surface area contributed by atoms with Crippen LogP contribution >= 0.6 is 0 Å². The van der Waals surface area contributed by atoms with Crippen molar-refractivity contribution in [2.75, 3.05) is 56.4 Å². The number of unbranched alkanes of at least 4 members (excludes halogenated alkanes) is 7. The number of nitrogens with one attached hydrogen (secondary N) is 4. The molecule has 1 unspecified atom stereocenters. The van der Waals surface area contributed by atoms with Crippen LogP contribution in [0.25, 0.3) is 21.7 Å². The Morgan fingerprint density at radius 2 is 1.42 bits per heavy atom. The number of piperidine rings is 1. The topological polar surface area (TPSA) is 214 Å². The van der Waals surface area contributed by atoms with Crippen LogP contribution in [0.5, 0.6) is 0 Å². The first kappa shape index (κ1) is 49.7. The molecule has 0 saturated carbocycles. The third-order valence-electron chi connectivity index (χ3n) is 13.7. The zero-order valence-electron chi connectivity index (χ0n) is 40.1. The van der Waals surface area contributed by atoms with Gasteiger partial charge < -0.3 is 25.8 Å². The molecule has 0 spiro atoms. The standard InChI is InChI=1S/C55H61N9O7/c56-36-38-16-20-44-43(34-38)45(24-28-59-44)58-27-23-37-15-17-40-35-41(19-18-39(40)33-37)53(69)63-31-29-62(30-32-63)50(67)14-7-3-1-2-4-8-26-60-48(65)13-6-5-9-25-57-46-12-10-11-42-51(46)55(71)64(54(42)70)47-21-22-49(66)61-52(47)68/h10-12,15-20,24,28,33-35,47,57H,1-9,13-14,21-23,25-27,29-32H2,(H,58,59)(H,60,65)(H,61,66,68). The minimum atomic E-state index is -1.01. The minimum Gasteiger partial charge on any atom is -0.384 e. The average molecular weight is 960 g/mol. The molecular weight excluding hydrogens is 899 g/mol. The Balaban J connectivity index is 0.638. The lowest BCUT2D eigenvalue weighted by molar-refractivity contribution is -0.136. The van der Waals surface area contributed by atoms with Crippen LogP contribution in [0.1, 0.15) is 126 Å². The van der Waals surface area contributed by atoms with E-state index in [9.17, 15) is 38.8 Å². The van der Waals surface area contributed by atoms with Crippen LogP contribution in [-0.4, -0.2) is 113 Å². The fourth-order valence-electron chi connectivity index (χ4n) is 9.69. The van der Waals surface area contributed by atoms with E-state index in [0.29, 0.717) is 75.5 Å². The average Bonchev–Trinajstić information content (AvgIpc) is 3.64. The second kappa shape index (κ2) is 23.8. The maximum Gasteiger partial charge on any atom is 0.264 e. The van der Waals surface area contributed by atoms with Crippen LogP contribution in [-0.2, 0) is 25.6 Å². The van der Waals surface area contributed by atoms with Crippen molar-refractivity contribution in [2.24, 2.45) is 0 Å². The van der Waals surface area contributed by atoms with E-state index in [4.69, 9.17) is 0 Å². The summed E-state index contributed by atoms with van der Waals surface area (Å²) in [6.07, 6.45) is 11.8. The molecular formula is C55H61N9O7. The number of carbonyl (C=O) groups excluding carboxylic acids is 7. The van der Waals surface area contributed by atoms with Gasteiger partial charge in [-0.2, -0.15) is 5.26 Å². The number of rotatable bonds is 22. The molecule has 1 aromatic heterocycles. The Kier molecular flexibility index (Phi) is 16.6. The number of imide groups is 2. The molecule has 8 rings (SSSR count). The van der Waals surface area contributed by atoms with Crippen molar-refractivity contribution in [1.29, 1.82) is 5.26 Å². The first-order valence-corrected chi connectivity index (χ1v) is 25.1. The summed E-state index contributed by atoms with van der Waals surface area (Å²) in [6, 6.07) is 25.8. The fourth-order valence-corrected chi connectivity index (χ4v) is 9.69. The van der Waals surface area contributed by atoms with Crippen molar-refractivity contribution >= 4 is 74.4 Å². The fraction of sp³-hybridized carbons (Fsp3) is 0.400. The van der Waals surface area contributed by atoms with Crippen LogP contribution in [0.4, 0.5) is 11.4 Å². The SMILES string of the molecule is N#Cc1ccc2nccc(NCCc3ccc4cc(C(=O)N5CCN(C(=O)CCCCCCCCNC(=O)CCCCCNc6cccc7c6C(=O)N(C6CCC(=O)NC6=O)C7=O)CC5)ccc4c3)c2c1. The molecule has 3 aliphatic heterocycles. The monoisotopic (exact) mass is 959 g/mol. The Bertz CT molecular complexity index is 2870. The van der Waals surface area contributed by atoms with Crippen LogP contribution in [0, 0.1) is 11.3 Å². The number of nitriles is 1. The molecule has 0 aliphatic carbocycles. The Morgan fingerprint density at radius 3 is 2.24 bits per heavy atom. The smallest absolute Gasteiger partial charge is 0.264 e. The van der Waals surface area contributed by atoms with Crippen molar-refractivity contribution in [3.8, 4) is 6.07 Å². The molecule has 16 nitrogen and oxygen atoms in total. The summed E-state index contributed by atoms with van der Waals surface area (Å²) in [5.74, 6) is -1.99. The Morgan fingerprint density at radius 1 is 0.704 bits per heavy atom. The first-order chi connectivity index (χ1) is 34.6. The summed E-state index contributed by atoms with van der Waals surface area (Å²) in [5.41, 5.74) is 5.19. The molecule has 3 aliphatic rings. The summed E-state index contributed by atoms with van der Waals surface area (Å²) in [4.78, 5) is 98.4. The van der Waals surface area contributed by atoms with Crippen molar-refractivity contribution in [2.45, 2.75) is 95.9 Å². The lowest BCUT2D eigenvalue weighted by atomic mass is 10.0. The number of anilines is 2. The van der Waals surface area contributed by atoms with E-state index in [1.165, 1.54) is 5.56 Å². The number of piperazine rings is 1. The summed E-state index contributed by atoms with van der Waals surface area (Å²) in [6.45, 7) is 3.98. The molecule has 2 saturated heterocycles. The Hall–Kier alpha value is -7.67. The number of benzene rings is 4. The number of amides is 7. The van der Waals surface area contributed by atoms with Gasteiger partial charge in [0.25, 0.3) is 17.7 Å². The second-order valence-corrected chi connectivity index (χ2v) is 18.6. The highest BCUT2D eigenvalue weighted by atomic mass is 16.2. The van der Waals surface area contributed by atoms with Crippen molar-refractivity contribution < 1.29 is 33.6 Å². The van der Waals surface area contributed by atoms with Crippen LogP contribution in [0.2, 0.25) is 0 Å². The highest BCUT2D eigenvalue weighted by molar-refractivity contribution is 6.25. The zero-order valence-corrected chi connectivity index (χ0v) is 40.1. The van der Waals surface area contributed by atoms with Gasteiger partial charge in [-0.3, -0.25) is 48.8 Å². The van der Waals surface area contributed by atoms with Gasteiger partial charge >= 0.3 is 0 Å². The lowest BCUT2D eigenvalue weighted by Crippen LogP contribution is -2.54. The normalized spacial score (nSPS) is 15.7. The van der Waals surface area contributed by atoms with Gasteiger partial charge in [0.1, 0.15) is 6.04 Å². The van der Waals surface area contributed by atoms with Gasteiger partial charge in [-0.15, -0.1) is 0 Å². The van der Waals surface area contributed by atoms with E-state index < -0.39 is 29.7 Å². The maximum atomic E-state index is 13.5. The van der Waals surface area contributed by atoms with Gasteiger partial charge in [-0.05, 0) is 103 Å². The largest absolute Gasteiger partial charge is 0.384 e. The van der Waals surface area contributed by atoms with Gasteiger partial charge in [0.15, 0.2) is 0 Å². The molecule has 4 aromatic carbocycles. The van der Waals surface area contributed by atoms with Gasteiger partial charge in [-0.25, -0.2) is 0 Å². The number of pyridine rings is 1. The number of hydrogen-bond acceptors (Lipinski definition) is 11. The number of carbonyl (C=O) groups is 7. The summed E-state index contributed by atoms with van der Waals surface area (Å²) in [7, 11) is 0. The van der Waals surface area contributed by atoms with Gasteiger partial charge in [0.2, 0.25) is 23.6 Å². The first-order valence-electron chi connectivity index (χ1n) is 25.1. The van der Waals surface area contributed by atoms with Gasteiger partial charge in [0, 0.05) is 93.6 Å². The minimum absolute atomic E-state index is 0.0184. The quantitative estimate of drug-likeness (QED) is 0.0405. The Labute approximate surface area is 413 Å². The molecule has 368 valence electrons. The summed E-state index contributed by atoms with van der Waals surface area (Å²) in [5, 5.41) is 24.3. The van der Waals surface area contributed by atoms with E-state index in [1.807, 2.05) is 46.2 Å². The lowest BCUT2D eigenvalue weighted by Gasteiger charge is -2.35. The number of hydrogen-bond donors (Lipinski definition) is 4. The number of aromatic nitrogens is 1. The van der Waals surface area contributed by atoms with Crippen molar-refractivity contribution in [3.05, 3.63) is 113 Å². The van der Waals surface area contributed by atoms with Crippen LogP contribution in [0.15, 0.2) is 85.1 Å². The molecule has 1 atom stereocenters. The van der Waals surface area contributed by atoms with E-state index in [0.717, 1.165) is 96.5 Å². The molecule has 7 amide bonds. The highest BCUT2D eigenvalue weighted by Gasteiger charge is 2.45. The van der Waals surface area contributed by atoms with E-state index in [2.05, 4.69) is 50.5 Å². The molecule has 4 heterocycles. The summed E-state index contributed by atoms with van der Waals surface area (Å²) < 4.78 is 0. The van der Waals surface area contributed by atoms with Gasteiger partial charge in [0.05, 0.1) is 28.3 Å². The maximum absolute atomic E-state index is 13.5. The number of fused-ring (bicyclic) bond motifs is 3. The highest BCUT2D eigenvalue weighted by Crippen LogP contribution is 2.33. The molecule has 5 aromatic rings. The number of nitrogens with zero attached hydrogens (tertiary/aromatic N) is 5. The van der Waals surface area contributed by atoms with Crippen molar-refractivity contribution in [1.82, 2.24) is 30.3 Å². The third-order valence-corrected chi connectivity index (χ3v) is 13.7. The molecule has 4 N–H and O–H groups in total. The van der Waals surface area contributed by atoms with Crippen molar-refractivity contribution in [3.63, 3.8) is 0 Å². The van der Waals surface area contributed by atoms with E-state index in [1.54, 1.807) is 30.5 Å². The molecule has 0 radical (unpaired) electrons. The molecule has 2 fully saturated rings. The summed E-state index contributed by atoms with van der Waals surface area (Å²) >= 11 is 0. The zero-order chi connectivity index (χ0) is 49.7. The van der Waals surface area contributed by atoms with E-state index in [-0.39, 0.29) is 41.7 Å². The second-order valence-electron chi connectivity index (χ2n) is 18.6. The van der Waals surface area contributed by atoms with E-state index >= 15 is 0 Å². The molecule has 16 heteroatoms. The van der Waals surface area contributed by atoms with Crippen LogP contribution in [0.3, 0.4) is 0 Å². The van der Waals surface area contributed by atoms with Crippen LogP contribution < -0.4 is 21.3 Å². The van der Waals surface area contributed by atoms with Gasteiger partial charge in [-0.1, -0.05) is 62.4 Å². The molecule has 0 bridgehead atoms. The third kappa shape index (κ3) is 12.4.